The summed E-state index contributed by atoms with van der Waals surface area (Å²) in [6.45, 7) is 4.60. The number of amides is 2. The van der Waals surface area contributed by atoms with Gasteiger partial charge in [0, 0.05) is 24.5 Å². The molecule has 4 rings (SSSR count). The minimum Gasteiger partial charge on any atom is -0.351 e. The molecule has 1 aliphatic rings. The molecule has 1 N–H and O–H groups in total. The molecular formula is C21H22N4O2. The summed E-state index contributed by atoms with van der Waals surface area (Å²) in [5, 5.41) is 2.85. The third-order valence-corrected chi connectivity index (χ3v) is 4.92. The second-order valence-corrected chi connectivity index (χ2v) is 6.85. The summed E-state index contributed by atoms with van der Waals surface area (Å²) in [6.07, 6.45) is 3.43. The zero-order valence-corrected chi connectivity index (χ0v) is 15.5. The smallest absolute Gasteiger partial charge is 0.294 e. The minimum absolute atomic E-state index is 0.0448. The van der Waals surface area contributed by atoms with Crippen molar-refractivity contribution in [1.82, 2.24) is 14.7 Å². The molecule has 0 bridgehead atoms. The van der Waals surface area contributed by atoms with E-state index in [0.29, 0.717) is 12.1 Å². The standard InChI is InChI=1S/C21H22N4O2/c1-3-11-22-20(26)18-17-10-6-7-12-24(17)19(23-18)21(27)25-14(2)13-15-8-4-5-9-16(15)25/h4-10,12,14H,3,11,13H2,1-2H3,(H,22,26). The summed E-state index contributed by atoms with van der Waals surface area (Å²) in [6, 6.07) is 13.5. The average molecular weight is 362 g/mol. The van der Waals surface area contributed by atoms with Gasteiger partial charge in [-0.1, -0.05) is 31.2 Å². The summed E-state index contributed by atoms with van der Waals surface area (Å²) < 4.78 is 1.71. The van der Waals surface area contributed by atoms with E-state index >= 15 is 0 Å². The fraction of sp³-hybridized carbons (Fsp3) is 0.286. The molecule has 3 aromatic rings. The number of rotatable bonds is 4. The number of imidazole rings is 1. The fourth-order valence-electron chi connectivity index (χ4n) is 3.66. The third-order valence-electron chi connectivity index (χ3n) is 4.92. The van der Waals surface area contributed by atoms with Crippen molar-refractivity contribution in [3.63, 3.8) is 0 Å². The van der Waals surface area contributed by atoms with Crippen molar-refractivity contribution in [3.05, 3.63) is 65.7 Å². The number of carbonyl (C=O) groups excluding carboxylic acids is 2. The normalized spacial score (nSPS) is 15.8. The van der Waals surface area contributed by atoms with Crippen LogP contribution in [-0.4, -0.2) is 33.8 Å². The Bertz CT molecular complexity index is 1020. The molecule has 3 heterocycles. The first-order chi connectivity index (χ1) is 13.1. The number of benzene rings is 1. The number of aromatic nitrogens is 2. The van der Waals surface area contributed by atoms with Gasteiger partial charge in [0.05, 0.1) is 5.52 Å². The average Bonchev–Trinajstić information content (AvgIpc) is 3.23. The van der Waals surface area contributed by atoms with Gasteiger partial charge in [-0.2, -0.15) is 0 Å². The quantitative estimate of drug-likeness (QED) is 0.776. The molecule has 0 saturated heterocycles. The van der Waals surface area contributed by atoms with Crippen LogP contribution in [0.4, 0.5) is 5.69 Å². The number of carbonyl (C=O) groups is 2. The van der Waals surface area contributed by atoms with Crippen LogP contribution >= 0.6 is 0 Å². The summed E-state index contributed by atoms with van der Waals surface area (Å²) in [4.78, 5) is 32.2. The highest BCUT2D eigenvalue weighted by Gasteiger charge is 2.34. The number of fused-ring (bicyclic) bond motifs is 2. The largest absolute Gasteiger partial charge is 0.351 e. The van der Waals surface area contributed by atoms with E-state index in [1.54, 1.807) is 15.5 Å². The maximum Gasteiger partial charge on any atom is 0.294 e. The van der Waals surface area contributed by atoms with E-state index in [-0.39, 0.29) is 29.4 Å². The van der Waals surface area contributed by atoms with Gasteiger partial charge in [-0.3, -0.25) is 14.0 Å². The van der Waals surface area contributed by atoms with Crippen molar-refractivity contribution in [3.8, 4) is 0 Å². The molecule has 0 radical (unpaired) electrons. The summed E-state index contributed by atoms with van der Waals surface area (Å²) in [7, 11) is 0. The van der Waals surface area contributed by atoms with E-state index in [4.69, 9.17) is 0 Å². The van der Waals surface area contributed by atoms with E-state index in [1.807, 2.05) is 56.3 Å². The van der Waals surface area contributed by atoms with Gasteiger partial charge >= 0.3 is 0 Å². The molecule has 2 amide bonds. The van der Waals surface area contributed by atoms with Gasteiger partial charge in [0.1, 0.15) is 0 Å². The minimum atomic E-state index is -0.255. The van der Waals surface area contributed by atoms with E-state index in [2.05, 4.69) is 10.3 Å². The topological polar surface area (TPSA) is 66.7 Å². The first-order valence-electron chi connectivity index (χ1n) is 9.28. The molecule has 1 aliphatic heterocycles. The summed E-state index contributed by atoms with van der Waals surface area (Å²) in [5.74, 6) is -0.187. The van der Waals surface area contributed by atoms with Crippen LogP contribution in [0.25, 0.3) is 5.52 Å². The maximum atomic E-state index is 13.4. The molecule has 0 spiro atoms. The van der Waals surface area contributed by atoms with Crippen LogP contribution in [0.5, 0.6) is 0 Å². The van der Waals surface area contributed by atoms with Crippen LogP contribution in [0, 0.1) is 0 Å². The number of hydrogen-bond acceptors (Lipinski definition) is 3. The van der Waals surface area contributed by atoms with Crippen molar-refractivity contribution >= 4 is 23.0 Å². The molecule has 1 unspecified atom stereocenters. The lowest BCUT2D eigenvalue weighted by Gasteiger charge is -2.21. The summed E-state index contributed by atoms with van der Waals surface area (Å²) >= 11 is 0. The van der Waals surface area contributed by atoms with Gasteiger partial charge in [-0.15, -0.1) is 0 Å². The van der Waals surface area contributed by atoms with Crippen LogP contribution in [-0.2, 0) is 6.42 Å². The second-order valence-electron chi connectivity index (χ2n) is 6.85. The van der Waals surface area contributed by atoms with Crippen LogP contribution in [0.15, 0.2) is 48.7 Å². The Kier molecular flexibility index (Phi) is 4.39. The molecule has 1 atom stereocenters. The maximum absolute atomic E-state index is 13.4. The Morgan fingerprint density at radius 3 is 2.78 bits per heavy atom. The van der Waals surface area contributed by atoms with Crippen LogP contribution in [0.1, 0.15) is 46.9 Å². The van der Waals surface area contributed by atoms with E-state index < -0.39 is 0 Å². The lowest BCUT2D eigenvalue weighted by atomic mass is 10.1. The highest BCUT2D eigenvalue weighted by atomic mass is 16.2. The third kappa shape index (κ3) is 2.87. The number of anilines is 1. The SMILES string of the molecule is CCCNC(=O)c1nc(C(=O)N2c3ccccc3CC2C)n2ccccc12. The molecule has 0 fully saturated rings. The van der Waals surface area contributed by atoms with Crippen molar-refractivity contribution in [2.24, 2.45) is 0 Å². The van der Waals surface area contributed by atoms with Crippen LogP contribution < -0.4 is 10.2 Å². The molecule has 138 valence electrons. The Hall–Kier alpha value is -3.15. The van der Waals surface area contributed by atoms with Crippen molar-refractivity contribution in [2.75, 3.05) is 11.4 Å². The van der Waals surface area contributed by atoms with Crippen molar-refractivity contribution < 1.29 is 9.59 Å². The van der Waals surface area contributed by atoms with Gasteiger partial charge in [0.25, 0.3) is 11.8 Å². The summed E-state index contributed by atoms with van der Waals surface area (Å²) in [5.41, 5.74) is 2.99. The van der Waals surface area contributed by atoms with E-state index in [0.717, 1.165) is 24.1 Å². The van der Waals surface area contributed by atoms with Gasteiger partial charge in [0.15, 0.2) is 5.69 Å². The van der Waals surface area contributed by atoms with Crippen molar-refractivity contribution in [2.45, 2.75) is 32.7 Å². The molecule has 2 aromatic heterocycles. The predicted octanol–water partition coefficient (Wildman–Crippen LogP) is 3.07. The molecule has 27 heavy (non-hydrogen) atoms. The zero-order chi connectivity index (χ0) is 19.0. The number of nitrogens with zero attached hydrogens (tertiary/aromatic N) is 3. The van der Waals surface area contributed by atoms with Gasteiger partial charge in [0.2, 0.25) is 5.82 Å². The number of para-hydroxylation sites is 1. The Morgan fingerprint density at radius 2 is 1.96 bits per heavy atom. The molecule has 1 aromatic carbocycles. The first kappa shape index (κ1) is 17.3. The second kappa shape index (κ2) is 6.87. The van der Waals surface area contributed by atoms with Crippen LogP contribution in [0.3, 0.4) is 0 Å². The molecule has 0 aliphatic carbocycles. The first-order valence-corrected chi connectivity index (χ1v) is 9.28. The Balaban J connectivity index is 1.78. The molecule has 6 heteroatoms. The van der Waals surface area contributed by atoms with E-state index in [9.17, 15) is 9.59 Å². The van der Waals surface area contributed by atoms with E-state index in [1.165, 1.54) is 0 Å². The zero-order valence-electron chi connectivity index (χ0n) is 15.5. The fourth-order valence-corrected chi connectivity index (χ4v) is 3.66. The van der Waals surface area contributed by atoms with Gasteiger partial charge < -0.3 is 10.2 Å². The highest BCUT2D eigenvalue weighted by Crippen LogP contribution is 2.33. The van der Waals surface area contributed by atoms with Crippen LogP contribution in [0.2, 0.25) is 0 Å². The molecule has 0 saturated carbocycles. The molecule has 6 nitrogen and oxygen atoms in total. The Labute approximate surface area is 157 Å². The lowest BCUT2D eigenvalue weighted by molar-refractivity contribution is 0.0951. The number of nitrogens with one attached hydrogen (secondary N) is 1. The van der Waals surface area contributed by atoms with Gasteiger partial charge in [-0.25, -0.2) is 4.98 Å². The van der Waals surface area contributed by atoms with Gasteiger partial charge in [-0.05, 0) is 43.5 Å². The van der Waals surface area contributed by atoms with Crippen molar-refractivity contribution in [1.29, 1.82) is 0 Å². The predicted molar refractivity (Wildman–Crippen MR) is 104 cm³/mol. The number of hydrogen-bond donors (Lipinski definition) is 1. The number of pyridine rings is 1. The molecular weight excluding hydrogens is 340 g/mol. The monoisotopic (exact) mass is 362 g/mol. The Morgan fingerprint density at radius 1 is 1.19 bits per heavy atom. The highest BCUT2D eigenvalue weighted by molar-refractivity contribution is 6.08. The lowest BCUT2D eigenvalue weighted by Crippen LogP contribution is -2.37.